The van der Waals surface area contributed by atoms with Crippen LogP contribution in [0.15, 0.2) is 47.0 Å². The number of hydrogen-bond donors (Lipinski definition) is 0. The van der Waals surface area contributed by atoms with E-state index in [2.05, 4.69) is 10.1 Å². The second-order valence-electron chi connectivity index (χ2n) is 6.88. The molecular formula is C20H17FN4O4. The van der Waals surface area contributed by atoms with E-state index in [0.717, 1.165) is 6.42 Å². The van der Waals surface area contributed by atoms with E-state index >= 15 is 0 Å². The van der Waals surface area contributed by atoms with E-state index in [1.165, 1.54) is 18.2 Å². The van der Waals surface area contributed by atoms with E-state index in [0.29, 0.717) is 29.9 Å². The summed E-state index contributed by atoms with van der Waals surface area (Å²) in [6.45, 7) is 2.11. The van der Waals surface area contributed by atoms with Gasteiger partial charge in [0.2, 0.25) is 11.7 Å². The zero-order valence-corrected chi connectivity index (χ0v) is 15.5. The molecule has 1 saturated heterocycles. The summed E-state index contributed by atoms with van der Waals surface area (Å²) >= 11 is 0. The Morgan fingerprint density at radius 1 is 1.28 bits per heavy atom. The van der Waals surface area contributed by atoms with Gasteiger partial charge in [0.15, 0.2) is 0 Å². The van der Waals surface area contributed by atoms with Gasteiger partial charge in [0, 0.05) is 29.3 Å². The molecule has 0 bridgehead atoms. The summed E-state index contributed by atoms with van der Waals surface area (Å²) in [5.41, 5.74) is 1.24. The molecule has 1 atom stereocenters. The number of hydrogen-bond acceptors (Lipinski definition) is 6. The van der Waals surface area contributed by atoms with E-state index in [9.17, 15) is 19.3 Å². The van der Waals surface area contributed by atoms with Crippen LogP contribution in [-0.2, 0) is 0 Å². The topological polar surface area (TPSA) is 102 Å². The molecule has 0 aliphatic carbocycles. The normalized spacial score (nSPS) is 16.2. The number of benzene rings is 2. The molecule has 0 saturated carbocycles. The van der Waals surface area contributed by atoms with E-state index in [1.54, 1.807) is 36.1 Å². The van der Waals surface area contributed by atoms with Crippen LogP contribution in [0.3, 0.4) is 0 Å². The zero-order chi connectivity index (χ0) is 20.5. The van der Waals surface area contributed by atoms with Gasteiger partial charge >= 0.3 is 0 Å². The Balaban J connectivity index is 1.60. The lowest BCUT2D eigenvalue weighted by molar-refractivity contribution is -0.385. The summed E-state index contributed by atoms with van der Waals surface area (Å²) in [7, 11) is 0. The number of amides is 1. The molecule has 2 aromatic carbocycles. The standard InChI is InChI=1S/C20H17FN4O4/c1-12-4-5-14(11-17(12)25(27)28)20(26)24-10-2-3-16(24)19-22-18(23-29-19)13-6-8-15(21)9-7-13/h4-9,11,16H,2-3,10H2,1H3/t16-/m0/s1. The number of aromatic nitrogens is 2. The van der Waals surface area contributed by atoms with Gasteiger partial charge in [-0.3, -0.25) is 14.9 Å². The van der Waals surface area contributed by atoms with Gasteiger partial charge in [-0.25, -0.2) is 4.39 Å². The molecule has 0 spiro atoms. The van der Waals surface area contributed by atoms with Crippen LogP contribution < -0.4 is 0 Å². The number of rotatable bonds is 4. The van der Waals surface area contributed by atoms with Crippen LogP contribution in [0.4, 0.5) is 10.1 Å². The Hall–Kier alpha value is -3.62. The second-order valence-corrected chi connectivity index (χ2v) is 6.88. The van der Waals surface area contributed by atoms with Crippen molar-refractivity contribution in [2.75, 3.05) is 6.54 Å². The highest BCUT2D eigenvalue weighted by Gasteiger charge is 2.35. The van der Waals surface area contributed by atoms with Crippen molar-refractivity contribution in [3.8, 4) is 11.4 Å². The van der Waals surface area contributed by atoms with Crippen molar-refractivity contribution >= 4 is 11.6 Å². The Morgan fingerprint density at radius 3 is 2.76 bits per heavy atom. The fourth-order valence-corrected chi connectivity index (χ4v) is 3.46. The smallest absolute Gasteiger partial charge is 0.273 e. The molecule has 1 aromatic heterocycles. The molecule has 0 unspecified atom stereocenters. The fourth-order valence-electron chi connectivity index (χ4n) is 3.46. The number of nitro groups is 1. The van der Waals surface area contributed by atoms with Gasteiger partial charge in [0.25, 0.3) is 11.6 Å². The lowest BCUT2D eigenvalue weighted by atomic mass is 10.1. The van der Waals surface area contributed by atoms with Crippen molar-refractivity contribution in [2.45, 2.75) is 25.8 Å². The van der Waals surface area contributed by atoms with Gasteiger partial charge in [-0.2, -0.15) is 4.98 Å². The van der Waals surface area contributed by atoms with E-state index in [1.807, 2.05) is 0 Å². The minimum atomic E-state index is -0.499. The predicted octanol–water partition coefficient (Wildman–Crippen LogP) is 4.07. The molecule has 1 amide bonds. The maximum absolute atomic E-state index is 13.1. The monoisotopic (exact) mass is 396 g/mol. The third-order valence-electron chi connectivity index (χ3n) is 5.00. The van der Waals surface area contributed by atoms with Crippen molar-refractivity contribution in [3.63, 3.8) is 0 Å². The van der Waals surface area contributed by atoms with Gasteiger partial charge in [0.05, 0.1) is 4.92 Å². The van der Waals surface area contributed by atoms with Crippen LogP contribution in [0.25, 0.3) is 11.4 Å². The largest absolute Gasteiger partial charge is 0.337 e. The number of likely N-dealkylation sites (tertiary alicyclic amines) is 1. The van der Waals surface area contributed by atoms with Gasteiger partial charge in [0.1, 0.15) is 11.9 Å². The average Bonchev–Trinajstić information content (AvgIpc) is 3.37. The van der Waals surface area contributed by atoms with Gasteiger partial charge in [-0.15, -0.1) is 0 Å². The number of nitro benzene ring substituents is 1. The van der Waals surface area contributed by atoms with E-state index in [4.69, 9.17) is 4.52 Å². The Kier molecular flexibility index (Phi) is 4.79. The third kappa shape index (κ3) is 3.58. The summed E-state index contributed by atoms with van der Waals surface area (Å²) in [4.78, 5) is 29.7. The molecule has 8 nitrogen and oxygen atoms in total. The summed E-state index contributed by atoms with van der Waals surface area (Å²) < 4.78 is 18.5. The highest BCUT2D eigenvalue weighted by molar-refractivity contribution is 5.95. The van der Waals surface area contributed by atoms with Crippen LogP contribution in [0.2, 0.25) is 0 Å². The van der Waals surface area contributed by atoms with Crippen LogP contribution in [0.1, 0.15) is 40.7 Å². The van der Waals surface area contributed by atoms with Crippen molar-refractivity contribution < 1.29 is 18.6 Å². The Bertz CT molecular complexity index is 1080. The van der Waals surface area contributed by atoms with Crippen LogP contribution in [0.5, 0.6) is 0 Å². The highest BCUT2D eigenvalue weighted by atomic mass is 19.1. The van der Waals surface area contributed by atoms with Gasteiger partial charge < -0.3 is 9.42 Å². The average molecular weight is 396 g/mol. The molecule has 9 heteroatoms. The quantitative estimate of drug-likeness (QED) is 0.487. The molecule has 2 heterocycles. The first-order valence-electron chi connectivity index (χ1n) is 9.09. The molecule has 0 N–H and O–H groups in total. The minimum absolute atomic E-state index is 0.0945. The predicted molar refractivity (Wildman–Crippen MR) is 101 cm³/mol. The number of carbonyl (C=O) groups excluding carboxylic acids is 1. The summed E-state index contributed by atoms with van der Waals surface area (Å²) in [6, 6.07) is 9.74. The SMILES string of the molecule is Cc1ccc(C(=O)N2CCC[C@H]2c2nc(-c3ccc(F)cc3)no2)cc1[N+](=O)[O-]. The lowest BCUT2D eigenvalue weighted by Crippen LogP contribution is -2.30. The van der Waals surface area contributed by atoms with E-state index < -0.39 is 11.0 Å². The summed E-state index contributed by atoms with van der Waals surface area (Å²) in [6.07, 6.45) is 1.39. The van der Waals surface area contributed by atoms with Crippen molar-refractivity contribution in [1.29, 1.82) is 0 Å². The van der Waals surface area contributed by atoms with E-state index in [-0.39, 0.29) is 28.9 Å². The maximum atomic E-state index is 13.1. The first-order valence-corrected chi connectivity index (χ1v) is 9.09. The number of halogens is 1. The molecule has 1 aliphatic heterocycles. The number of aryl methyl sites for hydroxylation is 1. The number of carbonyl (C=O) groups is 1. The summed E-state index contributed by atoms with van der Waals surface area (Å²) in [5.74, 6) is -0.0867. The molecule has 1 aliphatic rings. The van der Waals surface area contributed by atoms with Crippen LogP contribution in [-0.4, -0.2) is 32.4 Å². The first kappa shape index (κ1) is 18.7. The number of nitrogens with zero attached hydrogens (tertiary/aromatic N) is 4. The molecule has 148 valence electrons. The van der Waals surface area contributed by atoms with Crippen molar-refractivity contribution in [1.82, 2.24) is 15.0 Å². The van der Waals surface area contributed by atoms with Crippen LogP contribution in [0, 0.1) is 22.9 Å². The Labute approximate surface area is 165 Å². The van der Waals surface area contributed by atoms with Gasteiger partial charge in [-0.1, -0.05) is 11.2 Å². The third-order valence-corrected chi connectivity index (χ3v) is 5.00. The zero-order valence-electron chi connectivity index (χ0n) is 15.5. The van der Waals surface area contributed by atoms with Crippen molar-refractivity contribution in [2.24, 2.45) is 0 Å². The molecule has 3 aromatic rings. The molecule has 0 radical (unpaired) electrons. The van der Waals surface area contributed by atoms with Crippen molar-refractivity contribution in [3.05, 3.63) is 75.4 Å². The Morgan fingerprint density at radius 2 is 2.03 bits per heavy atom. The fraction of sp³-hybridized carbons (Fsp3) is 0.250. The molecule has 1 fully saturated rings. The highest BCUT2D eigenvalue weighted by Crippen LogP contribution is 2.34. The maximum Gasteiger partial charge on any atom is 0.273 e. The molecule has 29 heavy (non-hydrogen) atoms. The minimum Gasteiger partial charge on any atom is -0.337 e. The summed E-state index contributed by atoms with van der Waals surface area (Å²) in [5, 5.41) is 15.1. The first-order chi connectivity index (χ1) is 13.9. The molecular weight excluding hydrogens is 379 g/mol. The van der Waals surface area contributed by atoms with Gasteiger partial charge in [-0.05, 0) is 50.1 Å². The lowest BCUT2D eigenvalue weighted by Gasteiger charge is -2.22. The van der Waals surface area contributed by atoms with Crippen LogP contribution >= 0.6 is 0 Å². The molecule has 4 rings (SSSR count). The second kappa shape index (κ2) is 7.42.